The molecule has 1 aliphatic rings. The first-order chi connectivity index (χ1) is 9.77. The molecule has 2 heteroatoms. The van der Waals surface area contributed by atoms with Crippen LogP contribution in [0.1, 0.15) is 56.7 Å². The lowest BCUT2D eigenvalue weighted by molar-refractivity contribution is 0.213. The number of hydrogen-bond acceptors (Lipinski definition) is 1. The van der Waals surface area contributed by atoms with Gasteiger partial charge in [-0.3, -0.25) is 0 Å². The van der Waals surface area contributed by atoms with E-state index in [0.717, 1.165) is 11.7 Å². The first-order valence-electron chi connectivity index (χ1n) is 8.07. The third kappa shape index (κ3) is 3.31. The fourth-order valence-corrected chi connectivity index (χ4v) is 5.59. The summed E-state index contributed by atoms with van der Waals surface area (Å²) in [5.41, 5.74) is 4.25. The Morgan fingerprint density at radius 1 is 1.14 bits per heavy atom. The van der Waals surface area contributed by atoms with Crippen LogP contribution in [0, 0.1) is 25.7 Å². The van der Waals surface area contributed by atoms with Gasteiger partial charge in [-0.1, -0.05) is 49.2 Å². The second kappa shape index (κ2) is 6.32. The Morgan fingerprint density at radius 2 is 1.81 bits per heavy atom. The fourth-order valence-electron chi connectivity index (χ4n) is 4.03. The molecule has 0 aromatic heterocycles. The number of aryl methyl sites for hydroxylation is 2. The third-order valence-electron chi connectivity index (χ3n) is 5.40. The molecule has 1 saturated carbocycles. The van der Waals surface area contributed by atoms with E-state index in [2.05, 4.69) is 62.7 Å². The minimum atomic E-state index is 0.190. The quantitative estimate of drug-likeness (QED) is 0.625. The number of alkyl halides is 1. The van der Waals surface area contributed by atoms with Crippen LogP contribution in [0.2, 0.25) is 0 Å². The van der Waals surface area contributed by atoms with Crippen molar-refractivity contribution in [3.63, 3.8) is 0 Å². The van der Waals surface area contributed by atoms with Gasteiger partial charge in [0.15, 0.2) is 0 Å². The van der Waals surface area contributed by atoms with Gasteiger partial charge in [0.05, 0.1) is 7.11 Å². The SMILES string of the molecule is COc1cc(C)c(C(C)(C)C2CCC(C)CC2Br)cc1C. The van der Waals surface area contributed by atoms with E-state index >= 15 is 0 Å². The number of hydrogen-bond donors (Lipinski definition) is 0. The fraction of sp³-hybridized carbons (Fsp3) is 0.684. The second-order valence-corrected chi connectivity index (χ2v) is 8.58. The Kier molecular flexibility index (Phi) is 5.07. The zero-order valence-corrected chi connectivity index (χ0v) is 15.9. The molecule has 21 heavy (non-hydrogen) atoms. The molecule has 1 aromatic rings. The van der Waals surface area contributed by atoms with Gasteiger partial charge >= 0.3 is 0 Å². The summed E-state index contributed by atoms with van der Waals surface area (Å²) in [6.07, 6.45) is 3.96. The second-order valence-electron chi connectivity index (χ2n) is 7.40. The molecular weight excluding hydrogens is 324 g/mol. The molecule has 0 bridgehead atoms. The molecule has 0 amide bonds. The Bertz CT molecular complexity index is 507. The van der Waals surface area contributed by atoms with Gasteiger partial charge in [-0.05, 0) is 66.7 Å². The van der Waals surface area contributed by atoms with E-state index in [1.54, 1.807) is 7.11 Å². The highest BCUT2D eigenvalue weighted by Gasteiger charge is 2.39. The van der Waals surface area contributed by atoms with Crippen LogP contribution in [0.4, 0.5) is 0 Å². The van der Waals surface area contributed by atoms with Gasteiger partial charge in [-0.2, -0.15) is 0 Å². The normalized spacial score (nSPS) is 26.7. The number of methoxy groups -OCH3 is 1. The molecule has 1 nitrogen and oxygen atoms in total. The standard InChI is InChI=1S/C19H29BrO/c1-12-7-8-15(17(20)9-12)19(4,5)16-10-14(3)18(21-6)11-13(16)2/h10-12,15,17H,7-9H2,1-6H3. The maximum Gasteiger partial charge on any atom is 0.122 e. The molecule has 3 atom stereocenters. The number of halogens is 1. The Hall–Kier alpha value is -0.500. The van der Waals surface area contributed by atoms with Crippen molar-refractivity contribution in [2.24, 2.45) is 11.8 Å². The van der Waals surface area contributed by atoms with Crippen molar-refractivity contribution in [2.75, 3.05) is 7.11 Å². The number of benzene rings is 1. The molecule has 0 radical (unpaired) electrons. The van der Waals surface area contributed by atoms with Crippen molar-refractivity contribution in [3.8, 4) is 5.75 Å². The predicted octanol–water partition coefficient (Wildman–Crippen LogP) is 5.79. The van der Waals surface area contributed by atoms with Crippen LogP contribution in [0.5, 0.6) is 5.75 Å². The Morgan fingerprint density at radius 3 is 2.38 bits per heavy atom. The van der Waals surface area contributed by atoms with Gasteiger partial charge < -0.3 is 4.74 Å². The van der Waals surface area contributed by atoms with E-state index in [0.29, 0.717) is 10.7 Å². The van der Waals surface area contributed by atoms with Gasteiger partial charge in [0.2, 0.25) is 0 Å². The first kappa shape index (κ1) is 16.9. The van der Waals surface area contributed by atoms with Crippen LogP contribution >= 0.6 is 15.9 Å². The first-order valence-corrected chi connectivity index (χ1v) is 8.98. The molecule has 0 spiro atoms. The van der Waals surface area contributed by atoms with Gasteiger partial charge in [0, 0.05) is 4.83 Å². The van der Waals surface area contributed by atoms with Crippen molar-refractivity contribution in [1.29, 1.82) is 0 Å². The lowest BCUT2D eigenvalue weighted by Gasteiger charge is -2.43. The monoisotopic (exact) mass is 352 g/mol. The van der Waals surface area contributed by atoms with Gasteiger partial charge in [-0.25, -0.2) is 0 Å². The maximum absolute atomic E-state index is 5.46. The van der Waals surface area contributed by atoms with Crippen LogP contribution in [0.15, 0.2) is 12.1 Å². The highest BCUT2D eigenvalue weighted by molar-refractivity contribution is 9.09. The smallest absolute Gasteiger partial charge is 0.122 e. The maximum atomic E-state index is 5.46. The number of ether oxygens (including phenoxy) is 1. The summed E-state index contributed by atoms with van der Waals surface area (Å²) >= 11 is 3.97. The average Bonchev–Trinajstić information content (AvgIpc) is 2.40. The topological polar surface area (TPSA) is 9.23 Å². The van der Waals surface area contributed by atoms with Crippen molar-refractivity contribution in [1.82, 2.24) is 0 Å². The summed E-state index contributed by atoms with van der Waals surface area (Å²) in [6.45, 7) is 11.6. The average molecular weight is 353 g/mol. The van der Waals surface area contributed by atoms with Gasteiger partial charge in [0.1, 0.15) is 5.75 Å². The van der Waals surface area contributed by atoms with Crippen molar-refractivity contribution in [3.05, 3.63) is 28.8 Å². The minimum Gasteiger partial charge on any atom is -0.496 e. The zero-order chi connectivity index (χ0) is 15.8. The summed E-state index contributed by atoms with van der Waals surface area (Å²) in [6, 6.07) is 4.53. The molecular formula is C19H29BrO. The molecule has 1 aromatic carbocycles. The lowest BCUT2D eigenvalue weighted by Crippen LogP contribution is -2.39. The predicted molar refractivity (Wildman–Crippen MR) is 94.7 cm³/mol. The third-order valence-corrected chi connectivity index (χ3v) is 6.41. The van der Waals surface area contributed by atoms with Gasteiger partial charge in [-0.15, -0.1) is 0 Å². The molecule has 3 unspecified atom stereocenters. The largest absolute Gasteiger partial charge is 0.496 e. The van der Waals surface area contributed by atoms with Crippen molar-refractivity contribution >= 4 is 15.9 Å². The van der Waals surface area contributed by atoms with Crippen LogP contribution in [-0.2, 0) is 5.41 Å². The van der Waals surface area contributed by atoms with Crippen LogP contribution < -0.4 is 4.74 Å². The van der Waals surface area contributed by atoms with Crippen LogP contribution in [-0.4, -0.2) is 11.9 Å². The van der Waals surface area contributed by atoms with E-state index in [4.69, 9.17) is 4.74 Å². The van der Waals surface area contributed by atoms with E-state index in [-0.39, 0.29) is 5.41 Å². The molecule has 118 valence electrons. The highest BCUT2D eigenvalue weighted by Crippen LogP contribution is 2.46. The van der Waals surface area contributed by atoms with E-state index in [1.165, 1.54) is 36.0 Å². The van der Waals surface area contributed by atoms with E-state index in [9.17, 15) is 0 Å². The highest BCUT2D eigenvalue weighted by atomic mass is 79.9. The molecule has 0 saturated heterocycles. The molecule has 0 aliphatic heterocycles. The van der Waals surface area contributed by atoms with Crippen molar-refractivity contribution in [2.45, 2.75) is 64.1 Å². The summed E-state index contributed by atoms with van der Waals surface area (Å²) in [4.78, 5) is 0.623. The summed E-state index contributed by atoms with van der Waals surface area (Å²) in [7, 11) is 1.75. The minimum absolute atomic E-state index is 0.190. The molecule has 2 rings (SSSR count). The summed E-state index contributed by atoms with van der Waals surface area (Å²) in [5, 5.41) is 0. The molecule has 0 heterocycles. The summed E-state index contributed by atoms with van der Waals surface area (Å²) in [5.74, 6) is 2.54. The van der Waals surface area contributed by atoms with Crippen LogP contribution in [0.25, 0.3) is 0 Å². The number of rotatable bonds is 3. The van der Waals surface area contributed by atoms with Gasteiger partial charge in [0.25, 0.3) is 0 Å². The summed E-state index contributed by atoms with van der Waals surface area (Å²) < 4.78 is 5.46. The van der Waals surface area contributed by atoms with Crippen LogP contribution in [0.3, 0.4) is 0 Å². The molecule has 1 aliphatic carbocycles. The Balaban J connectivity index is 2.37. The lowest BCUT2D eigenvalue weighted by atomic mass is 9.65. The Labute approximate surface area is 138 Å². The zero-order valence-electron chi connectivity index (χ0n) is 14.3. The molecule has 0 N–H and O–H groups in total. The van der Waals surface area contributed by atoms with E-state index < -0.39 is 0 Å². The van der Waals surface area contributed by atoms with Crippen molar-refractivity contribution < 1.29 is 4.74 Å². The van der Waals surface area contributed by atoms with E-state index in [1.807, 2.05) is 0 Å². The molecule has 1 fully saturated rings.